The summed E-state index contributed by atoms with van der Waals surface area (Å²) in [6.07, 6.45) is 0.991. The van der Waals surface area contributed by atoms with Gasteiger partial charge in [-0.05, 0) is 33.1 Å². The molecule has 1 fully saturated rings. The molecule has 1 unspecified atom stereocenters. The van der Waals surface area contributed by atoms with E-state index in [1.165, 1.54) is 0 Å². The fourth-order valence-electron chi connectivity index (χ4n) is 2.38. The first-order valence-electron chi connectivity index (χ1n) is 6.82. The fraction of sp³-hybridized carbons (Fsp3) is 0.533. The number of nitrogens with zero attached hydrogens (tertiary/aromatic N) is 2. The van der Waals surface area contributed by atoms with E-state index in [0.29, 0.717) is 5.75 Å². The number of hydrogen-bond donors (Lipinski definition) is 0. The van der Waals surface area contributed by atoms with Crippen LogP contribution in [0.4, 0.5) is 0 Å². The number of ether oxygens (including phenoxy) is 1. The standard InChI is InChI=1S/C15H22N2O2S/c1-16(2)9-6-10-17-14(18)11-20-15(17)12-7-4-5-8-13(12)19-3/h4-5,7-8,15H,6,9-11H2,1-3H3. The maximum Gasteiger partial charge on any atom is 0.233 e. The normalized spacial score (nSPS) is 18.9. The average molecular weight is 294 g/mol. The number of rotatable bonds is 6. The van der Waals surface area contributed by atoms with Crippen molar-refractivity contribution < 1.29 is 9.53 Å². The van der Waals surface area contributed by atoms with Crippen LogP contribution in [0.25, 0.3) is 0 Å². The summed E-state index contributed by atoms with van der Waals surface area (Å²) in [4.78, 5) is 16.2. The Labute approximate surface area is 125 Å². The first kappa shape index (κ1) is 15.2. The van der Waals surface area contributed by atoms with Crippen molar-refractivity contribution in [2.75, 3.05) is 40.0 Å². The molecule has 1 aliphatic heterocycles. The summed E-state index contributed by atoms with van der Waals surface area (Å²) >= 11 is 1.68. The third-order valence-electron chi connectivity index (χ3n) is 3.38. The van der Waals surface area contributed by atoms with E-state index in [1.807, 2.05) is 29.2 Å². The van der Waals surface area contributed by atoms with Crippen molar-refractivity contribution in [2.24, 2.45) is 0 Å². The Bertz CT molecular complexity index is 465. The van der Waals surface area contributed by atoms with E-state index in [1.54, 1.807) is 18.9 Å². The number of carbonyl (C=O) groups is 1. The Morgan fingerprint density at radius 2 is 2.15 bits per heavy atom. The molecule has 1 aromatic rings. The molecular weight excluding hydrogens is 272 g/mol. The van der Waals surface area contributed by atoms with Crippen LogP contribution in [0.1, 0.15) is 17.4 Å². The van der Waals surface area contributed by atoms with Crippen LogP contribution in [0, 0.1) is 0 Å². The number of carbonyl (C=O) groups excluding carboxylic acids is 1. The molecule has 110 valence electrons. The molecule has 1 aliphatic rings. The number of hydrogen-bond acceptors (Lipinski definition) is 4. The Balaban J connectivity index is 2.11. The Morgan fingerprint density at radius 3 is 2.85 bits per heavy atom. The third-order valence-corrected chi connectivity index (χ3v) is 4.62. The predicted molar refractivity (Wildman–Crippen MR) is 83.1 cm³/mol. The van der Waals surface area contributed by atoms with E-state index in [4.69, 9.17) is 4.74 Å². The van der Waals surface area contributed by atoms with Gasteiger partial charge in [-0.1, -0.05) is 18.2 Å². The van der Waals surface area contributed by atoms with Gasteiger partial charge in [0.25, 0.3) is 0 Å². The predicted octanol–water partition coefficient (Wildman–Crippen LogP) is 2.22. The minimum absolute atomic E-state index is 0.0841. The highest BCUT2D eigenvalue weighted by atomic mass is 32.2. The number of methoxy groups -OCH3 is 1. The molecule has 1 saturated heterocycles. The molecule has 2 rings (SSSR count). The molecule has 0 bridgehead atoms. The monoisotopic (exact) mass is 294 g/mol. The van der Waals surface area contributed by atoms with Crippen molar-refractivity contribution in [3.63, 3.8) is 0 Å². The average Bonchev–Trinajstić information content (AvgIpc) is 2.80. The minimum Gasteiger partial charge on any atom is -0.496 e. The molecule has 0 radical (unpaired) electrons. The maximum absolute atomic E-state index is 12.1. The number of amides is 1. The highest BCUT2D eigenvalue weighted by molar-refractivity contribution is 8.00. The lowest BCUT2D eigenvalue weighted by Crippen LogP contribution is -2.31. The summed E-state index contributed by atoms with van der Waals surface area (Å²) in [5.41, 5.74) is 1.09. The molecule has 0 N–H and O–H groups in total. The van der Waals surface area contributed by atoms with Gasteiger partial charge in [-0.3, -0.25) is 4.79 Å². The van der Waals surface area contributed by atoms with Crippen molar-refractivity contribution in [1.29, 1.82) is 0 Å². The second-order valence-corrected chi connectivity index (χ2v) is 6.22. The third kappa shape index (κ3) is 3.46. The quantitative estimate of drug-likeness (QED) is 0.805. The van der Waals surface area contributed by atoms with E-state index in [2.05, 4.69) is 19.0 Å². The van der Waals surface area contributed by atoms with Crippen LogP contribution in [-0.2, 0) is 4.79 Å². The Morgan fingerprint density at radius 1 is 1.40 bits per heavy atom. The molecule has 1 aromatic carbocycles. The SMILES string of the molecule is COc1ccccc1C1SCC(=O)N1CCCN(C)C. The van der Waals surface area contributed by atoms with Gasteiger partial charge in [0.2, 0.25) is 5.91 Å². The number of para-hydroxylation sites is 1. The summed E-state index contributed by atoms with van der Waals surface area (Å²) in [5.74, 6) is 1.65. The van der Waals surface area contributed by atoms with Crippen molar-refractivity contribution in [3.8, 4) is 5.75 Å². The van der Waals surface area contributed by atoms with Crippen molar-refractivity contribution in [3.05, 3.63) is 29.8 Å². The summed E-state index contributed by atoms with van der Waals surface area (Å²) in [6.45, 7) is 1.79. The Hall–Kier alpha value is -1.20. The lowest BCUT2D eigenvalue weighted by molar-refractivity contribution is -0.128. The molecule has 1 atom stereocenters. The maximum atomic E-state index is 12.1. The van der Waals surface area contributed by atoms with Crippen LogP contribution in [-0.4, -0.2) is 55.8 Å². The van der Waals surface area contributed by atoms with Crippen molar-refractivity contribution in [1.82, 2.24) is 9.80 Å². The van der Waals surface area contributed by atoms with E-state index in [9.17, 15) is 4.79 Å². The Kier molecular flexibility index (Phi) is 5.31. The van der Waals surface area contributed by atoms with Gasteiger partial charge in [-0.2, -0.15) is 0 Å². The van der Waals surface area contributed by atoms with E-state index >= 15 is 0 Å². The van der Waals surface area contributed by atoms with E-state index < -0.39 is 0 Å². The van der Waals surface area contributed by atoms with Gasteiger partial charge in [-0.15, -0.1) is 11.8 Å². The number of benzene rings is 1. The summed E-state index contributed by atoms with van der Waals surface area (Å²) in [5, 5.41) is 0.0841. The first-order valence-corrected chi connectivity index (χ1v) is 7.87. The van der Waals surface area contributed by atoms with Crippen LogP contribution >= 0.6 is 11.8 Å². The fourth-order valence-corrected chi connectivity index (χ4v) is 3.62. The van der Waals surface area contributed by atoms with Crippen LogP contribution < -0.4 is 4.74 Å². The minimum atomic E-state index is 0.0841. The van der Waals surface area contributed by atoms with Gasteiger partial charge in [0.05, 0.1) is 12.9 Å². The van der Waals surface area contributed by atoms with E-state index in [-0.39, 0.29) is 11.3 Å². The molecule has 20 heavy (non-hydrogen) atoms. The molecule has 0 spiro atoms. The summed E-state index contributed by atoms with van der Waals surface area (Å²) in [6, 6.07) is 7.96. The van der Waals surface area contributed by atoms with Gasteiger partial charge in [0.1, 0.15) is 11.1 Å². The zero-order valence-electron chi connectivity index (χ0n) is 12.3. The summed E-state index contributed by atoms with van der Waals surface area (Å²) in [7, 11) is 5.78. The van der Waals surface area contributed by atoms with Crippen molar-refractivity contribution in [2.45, 2.75) is 11.8 Å². The zero-order chi connectivity index (χ0) is 14.5. The van der Waals surface area contributed by atoms with Gasteiger partial charge in [0.15, 0.2) is 0 Å². The molecule has 1 amide bonds. The first-order chi connectivity index (χ1) is 9.63. The van der Waals surface area contributed by atoms with Gasteiger partial charge >= 0.3 is 0 Å². The second kappa shape index (κ2) is 6.99. The van der Waals surface area contributed by atoms with Crippen LogP contribution in [0.3, 0.4) is 0 Å². The molecule has 5 heteroatoms. The lowest BCUT2D eigenvalue weighted by atomic mass is 10.1. The molecule has 0 saturated carbocycles. The zero-order valence-corrected chi connectivity index (χ0v) is 13.2. The second-order valence-electron chi connectivity index (χ2n) is 5.15. The van der Waals surface area contributed by atoms with E-state index in [0.717, 1.165) is 30.8 Å². The molecule has 4 nitrogen and oxygen atoms in total. The number of thioether (sulfide) groups is 1. The van der Waals surface area contributed by atoms with Gasteiger partial charge in [0, 0.05) is 12.1 Å². The van der Waals surface area contributed by atoms with Crippen LogP contribution in [0.2, 0.25) is 0 Å². The van der Waals surface area contributed by atoms with Gasteiger partial charge in [-0.25, -0.2) is 0 Å². The smallest absolute Gasteiger partial charge is 0.233 e. The highest BCUT2D eigenvalue weighted by Crippen LogP contribution is 2.42. The molecule has 0 aromatic heterocycles. The topological polar surface area (TPSA) is 32.8 Å². The molecular formula is C15H22N2O2S. The van der Waals surface area contributed by atoms with Crippen LogP contribution in [0.15, 0.2) is 24.3 Å². The van der Waals surface area contributed by atoms with Gasteiger partial charge < -0.3 is 14.5 Å². The molecule has 1 heterocycles. The van der Waals surface area contributed by atoms with Crippen molar-refractivity contribution >= 4 is 17.7 Å². The summed E-state index contributed by atoms with van der Waals surface area (Å²) < 4.78 is 5.42. The largest absolute Gasteiger partial charge is 0.496 e. The lowest BCUT2D eigenvalue weighted by Gasteiger charge is -2.26. The molecule has 0 aliphatic carbocycles. The highest BCUT2D eigenvalue weighted by Gasteiger charge is 2.33. The van der Waals surface area contributed by atoms with Crippen LogP contribution in [0.5, 0.6) is 5.75 Å².